The fraction of sp³-hybridized carbons (Fsp3) is 1.00. The normalized spacial score (nSPS) is 28.3. The Morgan fingerprint density at radius 1 is 1.43 bits per heavy atom. The van der Waals surface area contributed by atoms with E-state index < -0.39 is 5.60 Å². The van der Waals surface area contributed by atoms with Crippen LogP contribution in [-0.4, -0.2) is 37.0 Å². The molecule has 84 valence electrons. The molecule has 1 fully saturated rings. The zero-order chi connectivity index (χ0) is 10.7. The molecule has 1 heterocycles. The van der Waals surface area contributed by atoms with E-state index in [1.807, 2.05) is 0 Å². The lowest BCUT2D eigenvalue weighted by Crippen LogP contribution is -2.41. The van der Waals surface area contributed by atoms with Crippen molar-refractivity contribution >= 4 is 0 Å². The SMILES string of the molecule is CC(C)(C)CCNC[C@@]1(O)CCOC1. The second-order valence-electron chi connectivity index (χ2n) is 5.51. The van der Waals surface area contributed by atoms with Crippen molar-refractivity contribution in [1.82, 2.24) is 5.32 Å². The van der Waals surface area contributed by atoms with Gasteiger partial charge in [-0.1, -0.05) is 20.8 Å². The third-order valence-electron chi connectivity index (χ3n) is 2.59. The van der Waals surface area contributed by atoms with Gasteiger partial charge in [0.15, 0.2) is 0 Å². The smallest absolute Gasteiger partial charge is 0.102 e. The largest absolute Gasteiger partial charge is 0.386 e. The summed E-state index contributed by atoms with van der Waals surface area (Å²) in [5.74, 6) is 0. The fourth-order valence-corrected chi connectivity index (χ4v) is 1.52. The van der Waals surface area contributed by atoms with E-state index in [1.54, 1.807) is 0 Å². The van der Waals surface area contributed by atoms with Crippen molar-refractivity contribution in [2.24, 2.45) is 5.41 Å². The zero-order valence-corrected chi connectivity index (χ0v) is 9.60. The molecule has 1 atom stereocenters. The number of hydrogen-bond acceptors (Lipinski definition) is 3. The van der Waals surface area contributed by atoms with Gasteiger partial charge in [-0.2, -0.15) is 0 Å². The molecule has 0 unspecified atom stereocenters. The monoisotopic (exact) mass is 201 g/mol. The molecular weight excluding hydrogens is 178 g/mol. The maximum absolute atomic E-state index is 9.93. The Labute approximate surface area is 86.8 Å². The first kappa shape index (κ1) is 12.0. The summed E-state index contributed by atoms with van der Waals surface area (Å²) in [7, 11) is 0. The van der Waals surface area contributed by atoms with E-state index in [9.17, 15) is 5.11 Å². The Morgan fingerprint density at radius 2 is 2.14 bits per heavy atom. The van der Waals surface area contributed by atoms with Crippen molar-refractivity contribution in [2.75, 3.05) is 26.3 Å². The lowest BCUT2D eigenvalue weighted by molar-refractivity contribution is 0.0267. The van der Waals surface area contributed by atoms with Gasteiger partial charge in [0, 0.05) is 19.6 Å². The van der Waals surface area contributed by atoms with Gasteiger partial charge in [0.25, 0.3) is 0 Å². The standard InChI is InChI=1S/C11H23NO2/c1-10(2,3)4-6-12-8-11(13)5-7-14-9-11/h12-13H,4-9H2,1-3H3/t11-/m0/s1. The van der Waals surface area contributed by atoms with Crippen LogP contribution in [0.5, 0.6) is 0 Å². The lowest BCUT2D eigenvalue weighted by Gasteiger charge is -2.23. The molecule has 0 aliphatic carbocycles. The highest BCUT2D eigenvalue weighted by atomic mass is 16.5. The Morgan fingerprint density at radius 3 is 2.64 bits per heavy atom. The topological polar surface area (TPSA) is 41.5 Å². The molecule has 3 heteroatoms. The minimum absolute atomic E-state index is 0.363. The first-order chi connectivity index (χ1) is 6.41. The van der Waals surface area contributed by atoms with Crippen LogP contribution in [0.3, 0.4) is 0 Å². The van der Waals surface area contributed by atoms with Gasteiger partial charge in [0.05, 0.1) is 6.61 Å². The fourth-order valence-electron chi connectivity index (χ4n) is 1.52. The van der Waals surface area contributed by atoms with Crippen LogP contribution in [0.25, 0.3) is 0 Å². The van der Waals surface area contributed by atoms with Gasteiger partial charge >= 0.3 is 0 Å². The Balaban J connectivity index is 2.09. The highest BCUT2D eigenvalue weighted by Crippen LogP contribution is 2.19. The van der Waals surface area contributed by atoms with E-state index in [-0.39, 0.29) is 0 Å². The van der Waals surface area contributed by atoms with Crippen molar-refractivity contribution in [3.63, 3.8) is 0 Å². The number of nitrogens with one attached hydrogen (secondary N) is 1. The van der Waals surface area contributed by atoms with E-state index in [4.69, 9.17) is 4.74 Å². The van der Waals surface area contributed by atoms with Crippen LogP contribution in [-0.2, 0) is 4.74 Å². The van der Waals surface area contributed by atoms with Crippen LogP contribution in [0.4, 0.5) is 0 Å². The summed E-state index contributed by atoms with van der Waals surface area (Å²) in [6, 6.07) is 0. The number of rotatable bonds is 4. The quantitative estimate of drug-likeness (QED) is 0.671. The summed E-state index contributed by atoms with van der Waals surface area (Å²) < 4.78 is 5.17. The summed E-state index contributed by atoms with van der Waals surface area (Å²) in [4.78, 5) is 0. The first-order valence-corrected chi connectivity index (χ1v) is 5.42. The van der Waals surface area contributed by atoms with Gasteiger partial charge in [-0.05, 0) is 18.4 Å². The summed E-state index contributed by atoms with van der Waals surface area (Å²) in [6.07, 6.45) is 1.89. The van der Waals surface area contributed by atoms with Crippen LogP contribution in [0.2, 0.25) is 0 Å². The Kier molecular flexibility index (Phi) is 3.93. The molecule has 0 amide bonds. The predicted molar refractivity (Wildman–Crippen MR) is 57.3 cm³/mol. The van der Waals surface area contributed by atoms with Crippen LogP contribution in [0.15, 0.2) is 0 Å². The molecule has 2 N–H and O–H groups in total. The third kappa shape index (κ3) is 4.40. The highest BCUT2D eigenvalue weighted by molar-refractivity contribution is 4.84. The molecule has 1 rings (SSSR count). The summed E-state index contributed by atoms with van der Waals surface area (Å²) in [5, 5.41) is 13.2. The van der Waals surface area contributed by atoms with Crippen molar-refractivity contribution in [3.05, 3.63) is 0 Å². The van der Waals surface area contributed by atoms with Crippen molar-refractivity contribution in [3.8, 4) is 0 Å². The van der Waals surface area contributed by atoms with Crippen LogP contribution < -0.4 is 5.32 Å². The molecule has 1 saturated heterocycles. The Hall–Kier alpha value is -0.120. The molecule has 0 bridgehead atoms. The van der Waals surface area contributed by atoms with Crippen LogP contribution in [0.1, 0.15) is 33.6 Å². The molecule has 14 heavy (non-hydrogen) atoms. The molecule has 0 aromatic heterocycles. The molecule has 0 saturated carbocycles. The van der Waals surface area contributed by atoms with Crippen molar-refractivity contribution in [2.45, 2.75) is 39.2 Å². The second kappa shape index (κ2) is 4.60. The first-order valence-electron chi connectivity index (χ1n) is 5.42. The predicted octanol–water partition coefficient (Wildman–Crippen LogP) is 1.16. The molecule has 1 aliphatic rings. The molecule has 0 aromatic carbocycles. The van der Waals surface area contributed by atoms with E-state index >= 15 is 0 Å². The van der Waals surface area contributed by atoms with E-state index in [2.05, 4.69) is 26.1 Å². The minimum atomic E-state index is -0.613. The number of ether oxygens (including phenoxy) is 1. The summed E-state index contributed by atoms with van der Waals surface area (Å²) in [6.45, 7) is 9.47. The minimum Gasteiger partial charge on any atom is -0.386 e. The zero-order valence-electron chi connectivity index (χ0n) is 9.60. The molecule has 0 spiro atoms. The maximum Gasteiger partial charge on any atom is 0.102 e. The highest BCUT2D eigenvalue weighted by Gasteiger charge is 2.31. The average molecular weight is 201 g/mol. The molecule has 0 radical (unpaired) electrons. The number of aliphatic hydroxyl groups is 1. The maximum atomic E-state index is 9.93. The Bertz CT molecular complexity index is 169. The molecule has 1 aliphatic heterocycles. The van der Waals surface area contributed by atoms with Gasteiger partial charge < -0.3 is 15.2 Å². The van der Waals surface area contributed by atoms with Crippen LogP contribution >= 0.6 is 0 Å². The van der Waals surface area contributed by atoms with Gasteiger partial charge in [0.2, 0.25) is 0 Å². The number of hydrogen-bond donors (Lipinski definition) is 2. The molecule has 3 nitrogen and oxygen atoms in total. The second-order valence-corrected chi connectivity index (χ2v) is 5.51. The van der Waals surface area contributed by atoms with E-state index in [0.717, 1.165) is 19.4 Å². The van der Waals surface area contributed by atoms with Gasteiger partial charge in [0.1, 0.15) is 5.60 Å². The van der Waals surface area contributed by atoms with Crippen molar-refractivity contribution in [1.29, 1.82) is 0 Å². The third-order valence-corrected chi connectivity index (χ3v) is 2.59. The van der Waals surface area contributed by atoms with Crippen molar-refractivity contribution < 1.29 is 9.84 Å². The van der Waals surface area contributed by atoms with Gasteiger partial charge in [-0.3, -0.25) is 0 Å². The van der Waals surface area contributed by atoms with E-state index in [1.165, 1.54) is 0 Å². The van der Waals surface area contributed by atoms with Gasteiger partial charge in [-0.15, -0.1) is 0 Å². The lowest BCUT2D eigenvalue weighted by atomic mass is 9.92. The van der Waals surface area contributed by atoms with E-state index in [0.29, 0.717) is 25.2 Å². The average Bonchev–Trinajstić information content (AvgIpc) is 2.45. The summed E-state index contributed by atoms with van der Waals surface area (Å²) in [5.41, 5.74) is -0.250. The molecular formula is C11H23NO2. The summed E-state index contributed by atoms with van der Waals surface area (Å²) >= 11 is 0. The van der Waals surface area contributed by atoms with Crippen LogP contribution in [0, 0.1) is 5.41 Å². The van der Waals surface area contributed by atoms with Gasteiger partial charge in [-0.25, -0.2) is 0 Å². The molecule has 0 aromatic rings.